The van der Waals surface area contributed by atoms with Gasteiger partial charge in [0.05, 0.1) is 0 Å². The van der Waals surface area contributed by atoms with Crippen LogP contribution in [-0.2, 0) is 0 Å². The monoisotopic (exact) mass is 681 g/mol. The Bertz CT molecular complexity index is 2810. The molecule has 0 saturated carbocycles. The van der Waals surface area contributed by atoms with E-state index in [0.29, 0.717) is 11.6 Å². The molecule has 0 fully saturated rings. The standard InChI is InChI=1S/C49H35N3O/c1-4-15-32(16-5-1)35-21-12-22-36(31-35)48-50-47(34-19-8-3-9-20-34)51-49(52-48)44-30-29-40(38-23-10-11-24-39(38)44)41-26-14-28-43-42-27-13-25-37(45(42)53-46(41)43)33-17-6-2-7-18-33/h1,3-6,8-21,23-31,36H,2,7,22H2. The van der Waals surface area contributed by atoms with Gasteiger partial charge in [0.2, 0.25) is 0 Å². The van der Waals surface area contributed by atoms with Gasteiger partial charge in [-0.1, -0.05) is 164 Å². The lowest BCUT2D eigenvalue weighted by Crippen LogP contribution is -2.09. The van der Waals surface area contributed by atoms with Crippen LogP contribution >= 0.6 is 0 Å². The molecule has 2 heterocycles. The second-order valence-electron chi connectivity index (χ2n) is 13.8. The molecule has 2 aliphatic carbocycles. The van der Waals surface area contributed by atoms with E-state index in [9.17, 15) is 0 Å². The van der Waals surface area contributed by atoms with Crippen molar-refractivity contribution in [1.82, 2.24) is 15.0 Å². The molecule has 1 unspecified atom stereocenters. The Kier molecular flexibility index (Phi) is 7.72. The van der Waals surface area contributed by atoms with E-state index in [1.807, 2.05) is 18.2 Å². The predicted octanol–water partition coefficient (Wildman–Crippen LogP) is 12.8. The largest absolute Gasteiger partial charge is 0.455 e. The van der Waals surface area contributed by atoms with Crippen molar-refractivity contribution in [3.63, 3.8) is 0 Å². The maximum absolute atomic E-state index is 6.86. The van der Waals surface area contributed by atoms with Crippen molar-refractivity contribution >= 4 is 43.9 Å². The lowest BCUT2D eigenvalue weighted by atomic mass is 9.91. The van der Waals surface area contributed by atoms with Gasteiger partial charge in [-0.3, -0.25) is 0 Å². The maximum Gasteiger partial charge on any atom is 0.164 e. The molecular weight excluding hydrogens is 647 g/mol. The van der Waals surface area contributed by atoms with Crippen molar-refractivity contribution in [2.24, 2.45) is 0 Å². The number of nitrogens with zero attached hydrogens (tertiary/aromatic N) is 3. The minimum Gasteiger partial charge on any atom is -0.455 e. The molecule has 0 aliphatic heterocycles. The molecular formula is C49H35N3O. The van der Waals surface area contributed by atoms with Crippen LogP contribution in [-0.4, -0.2) is 15.0 Å². The highest BCUT2D eigenvalue weighted by molar-refractivity contribution is 6.15. The van der Waals surface area contributed by atoms with Crippen LogP contribution in [0, 0.1) is 0 Å². The number of allylic oxidation sites excluding steroid dienone is 8. The summed E-state index contributed by atoms with van der Waals surface area (Å²) in [6, 6.07) is 46.6. The molecule has 0 bridgehead atoms. The Labute approximate surface area is 308 Å². The van der Waals surface area contributed by atoms with Gasteiger partial charge in [0.1, 0.15) is 17.0 Å². The highest BCUT2D eigenvalue weighted by atomic mass is 16.3. The van der Waals surface area contributed by atoms with Crippen LogP contribution in [0.4, 0.5) is 0 Å². The number of aromatic nitrogens is 3. The average molecular weight is 682 g/mol. The van der Waals surface area contributed by atoms with Crippen LogP contribution < -0.4 is 0 Å². The van der Waals surface area contributed by atoms with Crippen molar-refractivity contribution in [3.8, 4) is 33.9 Å². The Hall–Kier alpha value is -6.65. The fraction of sp³-hybridized carbons (Fsp3) is 0.0816. The predicted molar refractivity (Wildman–Crippen MR) is 218 cm³/mol. The highest BCUT2D eigenvalue weighted by Gasteiger charge is 2.22. The molecule has 6 aromatic carbocycles. The van der Waals surface area contributed by atoms with E-state index in [1.54, 1.807) is 0 Å². The molecule has 0 amide bonds. The van der Waals surface area contributed by atoms with Gasteiger partial charge in [0.25, 0.3) is 0 Å². The van der Waals surface area contributed by atoms with Crippen molar-refractivity contribution in [1.29, 1.82) is 0 Å². The molecule has 0 radical (unpaired) electrons. The first-order valence-electron chi connectivity index (χ1n) is 18.4. The first-order chi connectivity index (χ1) is 26.3. The van der Waals surface area contributed by atoms with E-state index in [-0.39, 0.29) is 5.92 Å². The summed E-state index contributed by atoms with van der Waals surface area (Å²) < 4.78 is 6.86. The Morgan fingerprint density at radius 1 is 0.453 bits per heavy atom. The molecule has 252 valence electrons. The zero-order valence-electron chi connectivity index (χ0n) is 29.1. The maximum atomic E-state index is 6.86. The van der Waals surface area contributed by atoms with E-state index < -0.39 is 0 Å². The molecule has 0 saturated heterocycles. The van der Waals surface area contributed by atoms with E-state index in [1.165, 1.54) is 16.7 Å². The van der Waals surface area contributed by atoms with Crippen molar-refractivity contribution in [2.75, 3.05) is 0 Å². The van der Waals surface area contributed by atoms with Gasteiger partial charge in [0, 0.05) is 38.9 Å². The second kappa shape index (κ2) is 13.2. The first kappa shape index (κ1) is 31.1. The zero-order chi connectivity index (χ0) is 35.1. The Balaban J connectivity index is 1.13. The minimum absolute atomic E-state index is 0.0143. The molecule has 0 spiro atoms. The number of benzene rings is 6. The molecule has 53 heavy (non-hydrogen) atoms. The molecule has 0 N–H and O–H groups in total. The summed E-state index contributed by atoms with van der Waals surface area (Å²) in [5, 5.41) is 4.45. The highest BCUT2D eigenvalue weighted by Crippen LogP contribution is 2.43. The number of rotatable bonds is 6. The normalized spacial score (nSPS) is 15.6. The summed E-state index contributed by atoms with van der Waals surface area (Å²) in [5.41, 5.74) is 10.7. The first-order valence-corrected chi connectivity index (χ1v) is 18.4. The van der Waals surface area contributed by atoms with Crippen molar-refractivity contribution < 1.29 is 4.42 Å². The van der Waals surface area contributed by atoms with E-state index in [4.69, 9.17) is 19.4 Å². The molecule has 4 nitrogen and oxygen atoms in total. The summed E-state index contributed by atoms with van der Waals surface area (Å²) in [5.74, 6) is 2.13. The number of hydrogen-bond acceptors (Lipinski definition) is 4. The number of fused-ring (bicyclic) bond motifs is 4. The molecule has 10 rings (SSSR count). The molecule has 2 aromatic heterocycles. The van der Waals surface area contributed by atoms with Crippen LogP contribution in [0.3, 0.4) is 0 Å². The van der Waals surface area contributed by atoms with Crippen LogP contribution in [0.5, 0.6) is 0 Å². The second-order valence-corrected chi connectivity index (χ2v) is 13.8. The molecule has 1 atom stereocenters. The quantitative estimate of drug-likeness (QED) is 0.175. The third kappa shape index (κ3) is 5.60. The van der Waals surface area contributed by atoms with Gasteiger partial charge >= 0.3 is 0 Å². The SMILES string of the molecule is C1=CC(c2cccc3c2oc2c(-c4ccc(-c5nc(-c6ccccc6)nc(C6C=C(c7ccccc7)C=CC6)n5)c5ccccc45)cccc23)=CCC1. The summed E-state index contributed by atoms with van der Waals surface area (Å²) in [4.78, 5) is 15.5. The molecule has 4 heteroatoms. The number of para-hydroxylation sites is 2. The smallest absolute Gasteiger partial charge is 0.164 e. The van der Waals surface area contributed by atoms with E-state index in [2.05, 4.69) is 152 Å². The van der Waals surface area contributed by atoms with Gasteiger partial charge in [-0.15, -0.1) is 0 Å². The minimum atomic E-state index is 0.0143. The van der Waals surface area contributed by atoms with Gasteiger partial charge in [0.15, 0.2) is 11.6 Å². The fourth-order valence-electron chi connectivity index (χ4n) is 7.88. The summed E-state index contributed by atoms with van der Waals surface area (Å²) >= 11 is 0. The summed E-state index contributed by atoms with van der Waals surface area (Å²) in [6.07, 6.45) is 16.5. The van der Waals surface area contributed by atoms with E-state index in [0.717, 1.165) is 85.6 Å². The number of furan rings is 1. The third-order valence-electron chi connectivity index (χ3n) is 10.5. The topological polar surface area (TPSA) is 51.8 Å². The third-order valence-corrected chi connectivity index (χ3v) is 10.5. The van der Waals surface area contributed by atoms with Gasteiger partial charge in [-0.05, 0) is 58.4 Å². The lowest BCUT2D eigenvalue weighted by molar-refractivity contribution is 0.669. The van der Waals surface area contributed by atoms with Gasteiger partial charge in [-0.2, -0.15) is 0 Å². The lowest BCUT2D eigenvalue weighted by Gasteiger charge is -2.18. The van der Waals surface area contributed by atoms with E-state index >= 15 is 0 Å². The van der Waals surface area contributed by atoms with Gasteiger partial charge in [-0.25, -0.2) is 15.0 Å². The zero-order valence-corrected chi connectivity index (χ0v) is 29.1. The van der Waals surface area contributed by atoms with Crippen LogP contribution in [0.2, 0.25) is 0 Å². The molecule has 2 aliphatic rings. The summed E-state index contributed by atoms with van der Waals surface area (Å²) in [6.45, 7) is 0. The Morgan fingerprint density at radius 3 is 1.83 bits per heavy atom. The van der Waals surface area contributed by atoms with Crippen molar-refractivity contribution in [2.45, 2.75) is 25.2 Å². The van der Waals surface area contributed by atoms with Crippen molar-refractivity contribution in [3.05, 3.63) is 187 Å². The van der Waals surface area contributed by atoms with Crippen LogP contribution in [0.1, 0.15) is 42.1 Å². The number of hydrogen-bond donors (Lipinski definition) is 0. The average Bonchev–Trinajstić information content (AvgIpc) is 3.64. The molecule has 8 aromatic rings. The van der Waals surface area contributed by atoms with Gasteiger partial charge < -0.3 is 4.42 Å². The summed E-state index contributed by atoms with van der Waals surface area (Å²) in [7, 11) is 0. The Morgan fingerprint density at radius 2 is 1.08 bits per heavy atom. The van der Waals surface area contributed by atoms with Crippen LogP contribution in [0.25, 0.3) is 77.8 Å². The fourth-order valence-corrected chi connectivity index (χ4v) is 7.88. The van der Waals surface area contributed by atoms with Crippen LogP contribution in [0.15, 0.2) is 174 Å².